The van der Waals surface area contributed by atoms with Crippen molar-refractivity contribution in [3.63, 3.8) is 0 Å². The first-order valence-corrected chi connectivity index (χ1v) is 6.64. The van der Waals surface area contributed by atoms with Crippen molar-refractivity contribution in [3.05, 3.63) is 35.5 Å². The van der Waals surface area contributed by atoms with Crippen LogP contribution < -0.4 is 5.32 Å². The van der Waals surface area contributed by atoms with Gasteiger partial charge >= 0.3 is 0 Å². The molecule has 3 rings (SSSR count). The summed E-state index contributed by atoms with van der Waals surface area (Å²) in [4.78, 5) is 0. The van der Waals surface area contributed by atoms with Crippen LogP contribution in [0, 0.1) is 6.92 Å². The number of rotatable bonds is 1. The first kappa shape index (κ1) is 11.8. The molecular weight excluding hydrogens is 224 g/mol. The number of aromatic nitrogens is 1. The number of hydrogen-bond acceptors (Lipinski definition) is 2. The fraction of sp³-hybridized carbons (Fsp3) is 0.467. The predicted octanol–water partition coefficient (Wildman–Crippen LogP) is 2.54. The van der Waals surface area contributed by atoms with Crippen molar-refractivity contribution < 1.29 is 4.74 Å². The first-order chi connectivity index (χ1) is 8.77. The van der Waals surface area contributed by atoms with Gasteiger partial charge in [0.1, 0.15) is 0 Å². The summed E-state index contributed by atoms with van der Waals surface area (Å²) in [6.45, 7) is 4.96. The smallest absolute Gasteiger partial charge is 0.0987 e. The Morgan fingerprint density at radius 3 is 3.06 bits per heavy atom. The van der Waals surface area contributed by atoms with Crippen molar-refractivity contribution in [2.24, 2.45) is 7.05 Å². The lowest BCUT2D eigenvalue weighted by Gasteiger charge is -2.16. The lowest BCUT2D eigenvalue weighted by Crippen LogP contribution is -2.16. The number of ether oxygens (including phenoxy) is 1. The normalized spacial score (nSPS) is 21.1. The largest absolute Gasteiger partial charge is 0.371 e. The Balaban J connectivity index is 2.06. The molecule has 1 saturated heterocycles. The highest BCUT2D eigenvalue weighted by molar-refractivity contribution is 5.84. The van der Waals surface area contributed by atoms with Gasteiger partial charge in [0.2, 0.25) is 0 Å². The van der Waals surface area contributed by atoms with Crippen LogP contribution in [0.2, 0.25) is 0 Å². The molecule has 0 amide bonds. The number of benzene rings is 1. The molecule has 0 aliphatic carbocycles. The van der Waals surface area contributed by atoms with Crippen molar-refractivity contribution in [2.45, 2.75) is 19.4 Å². The molecule has 1 aromatic heterocycles. The fourth-order valence-electron chi connectivity index (χ4n) is 2.90. The summed E-state index contributed by atoms with van der Waals surface area (Å²) in [5.41, 5.74) is 3.95. The maximum absolute atomic E-state index is 5.96. The summed E-state index contributed by atoms with van der Waals surface area (Å²) in [5, 5.41) is 4.69. The molecule has 2 aromatic rings. The van der Waals surface area contributed by atoms with Gasteiger partial charge in [-0.25, -0.2) is 0 Å². The van der Waals surface area contributed by atoms with Crippen LogP contribution in [0.5, 0.6) is 0 Å². The van der Waals surface area contributed by atoms with E-state index in [0.717, 1.165) is 26.1 Å². The fourth-order valence-corrected chi connectivity index (χ4v) is 2.90. The minimum absolute atomic E-state index is 0.219. The second-order valence-corrected chi connectivity index (χ2v) is 5.04. The molecule has 1 aliphatic rings. The Kier molecular flexibility index (Phi) is 3.10. The van der Waals surface area contributed by atoms with Gasteiger partial charge in [0, 0.05) is 24.7 Å². The molecular formula is C15H20N2O. The molecule has 1 fully saturated rings. The van der Waals surface area contributed by atoms with Gasteiger partial charge in [0.05, 0.1) is 18.2 Å². The number of hydrogen-bond donors (Lipinski definition) is 1. The molecule has 0 saturated carbocycles. The van der Waals surface area contributed by atoms with Crippen molar-refractivity contribution in [3.8, 4) is 0 Å². The minimum Gasteiger partial charge on any atom is -0.371 e. The van der Waals surface area contributed by atoms with E-state index >= 15 is 0 Å². The SMILES string of the molecule is Cc1cccc2cc(C3CCNCCO3)n(C)c12. The van der Waals surface area contributed by atoms with E-state index in [1.54, 1.807) is 0 Å². The summed E-state index contributed by atoms with van der Waals surface area (Å²) in [6.07, 6.45) is 1.26. The summed E-state index contributed by atoms with van der Waals surface area (Å²) in [5.74, 6) is 0. The van der Waals surface area contributed by atoms with Gasteiger partial charge in [-0.2, -0.15) is 0 Å². The molecule has 96 valence electrons. The predicted molar refractivity (Wildman–Crippen MR) is 73.8 cm³/mol. The minimum atomic E-state index is 0.219. The molecule has 1 aromatic carbocycles. The van der Waals surface area contributed by atoms with Crippen molar-refractivity contribution in [1.29, 1.82) is 0 Å². The molecule has 3 heteroatoms. The zero-order valence-corrected chi connectivity index (χ0v) is 11.1. The quantitative estimate of drug-likeness (QED) is 0.834. The first-order valence-electron chi connectivity index (χ1n) is 6.64. The van der Waals surface area contributed by atoms with E-state index in [1.807, 2.05) is 0 Å². The number of fused-ring (bicyclic) bond motifs is 1. The molecule has 1 N–H and O–H groups in total. The number of nitrogens with one attached hydrogen (secondary N) is 1. The Morgan fingerprint density at radius 2 is 2.22 bits per heavy atom. The number of nitrogens with zero attached hydrogens (tertiary/aromatic N) is 1. The van der Waals surface area contributed by atoms with Crippen LogP contribution in [-0.2, 0) is 11.8 Å². The van der Waals surface area contributed by atoms with Crippen LogP contribution >= 0.6 is 0 Å². The van der Waals surface area contributed by atoms with Crippen LogP contribution in [-0.4, -0.2) is 24.3 Å². The molecule has 1 unspecified atom stereocenters. The molecule has 1 aliphatic heterocycles. The molecule has 1 atom stereocenters. The molecule has 2 heterocycles. The summed E-state index contributed by atoms with van der Waals surface area (Å²) in [6, 6.07) is 8.75. The van der Waals surface area contributed by atoms with Gasteiger partial charge in [0.15, 0.2) is 0 Å². The van der Waals surface area contributed by atoms with E-state index in [0.29, 0.717) is 0 Å². The Labute approximate surface area is 108 Å². The van der Waals surface area contributed by atoms with Crippen molar-refractivity contribution in [2.75, 3.05) is 19.7 Å². The van der Waals surface area contributed by atoms with Crippen LogP contribution in [0.1, 0.15) is 23.8 Å². The van der Waals surface area contributed by atoms with E-state index in [2.05, 4.69) is 48.1 Å². The Morgan fingerprint density at radius 1 is 1.33 bits per heavy atom. The maximum Gasteiger partial charge on any atom is 0.0987 e. The zero-order chi connectivity index (χ0) is 12.5. The van der Waals surface area contributed by atoms with E-state index in [-0.39, 0.29) is 6.10 Å². The third kappa shape index (κ3) is 1.93. The van der Waals surface area contributed by atoms with Crippen molar-refractivity contribution >= 4 is 10.9 Å². The maximum atomic E-state index is 5.96. The van der Waals surface area contributed by atoms with Gasteiger partial charge in [0.25, 0.3) is 0 Å². The molecule has 0 radical (unpaired) electrons. The van der Waals surface area contributed by atoms with Crippen LogP contribution in [0.4, 0.5) is 0 Å². The third-order valence-corrected chi connectivity index (χ3v) is 3.81. The second-order valence-electron chi connectivity index (χ2n) is 5.04. The van der Waals surface area contributed by atoms with E-state index in [4.69, 9.17) is 4.74 Å². The van der Waals surface area contributed by atoms with Crippen molar-refractivity contribution in [1.82, 2.24) is 9.88 Å². The Hall–Kier alpha value is -1.32. The molecule has 0 spiro atoms. The molecule has 0 bridgehead atoms. The standard InChI is InChI=1S/C15H20N2O/c1-11-4-3-5-12-10-13(17(2)15(11)12)14-6-7-16-8-9-18-14/h3-5,10,14,16H,6-9H2,1-2H3. The monoisotopic (exact) mass is 244 g/mol. The van der Waals surface area contributed by atoms with Crippen LogP contribution in [0.15, 0.2) is 24.3 Å². The Bertz CT molecular complexity index is 551. The van der Waals surface area contributed by atoms with E-state index in [1.165, 1.54) is 22.2 Å². The van der Waals surface area contributed by atoms with Gasteiger partial charge < -0.3 is 14.6 Å². The number of aryl methyl sites for hydroxylation is 2. The third-order valence-electron chi connectivity index (χ3n) is 3.81. The molecule has 3 nitrogen and oxygen atoms in total. The number of para-hydroxylation sites is 1. The average molecular weight is 244 g/mol. The highest BCUT2D eigenvalue weighted by Crippen LogP contribution is 2.29. The van der Waals surface area contributed by atoms with Gasteiger partial charge in [-0.15, -0.1) is 0 Å². The van der Waals surface area contributed by atoms with Gasteiger partial charge in [-0.1, -0.05) is 18.2 Å². The molecule has 18 heavy (non-hydrogen) atoms. The zero-order valence-electron chi connectivity index (χ0n) is 11.1. The van der Waals surface area contributed by atoms with E-state index in [9.17, 15) is 0 Å². The lowest BCUT2D eigenvalue weighted by molar-refractivity contribution is 0.0597. The highest BCUT2D eigenvalue weighted by Gasteiger charge is 2.19. The lowest BCUT2D eigenvalue weighted by atomic mass is 10.1. The summed E-state index contributed by atoms with van der Waals surface area (Å²) < 4.78 is 8.25. The summed E-state index contributed by atoms with van der Waals surface area (Å²) in [7, 11) is 2.15. The highest BCUT2D eigenvalue weighted by atomic mass is 16.5. The van der Waals surface area contributed by atoms with Gasteiger partial charge in [-0.05, 0) is 31.5 Å². The van der Waals surface area contributed by atoms with E-state index < -0.39 is 0 Å². The summed E-state index contributed by atoms with van der Waals surface area (Å²) >= 11 is 0. The average Bonchev–Trinajstić information content (AvgIpc) is 2.56. The van der Waals surface area contributed by atoms with Crippen LogP contribution in [0.25, 0.3) is 10.9 Å². The second kappa shape index (κ2) is 4.75. The van der Waals surface area contributed by atoms with Crippen LogP contribution in [0.3, 0.4) is 0 Å². The van der Waals surface area contributed by atoms with Gasteiger partial charge in [-0.3, -0.25) is 0 Å². The topological polar surface area (TPSA) is 26.2 Å².